The van der Waals surface area contributed by atoms with Gasteiger partial charge in [-0.15, -0.1) is 0 Å². The number of nitrogens with zero attached hydrogens (tertiary/aromatic N) is 1. The Bertz CT molecular complexity index is 456. The van der Waals surface area contributed by atoms with E-state index in [4.69, 9.17) is 11.6 Å². The Kier molecular flexibility index (Phi) is 4.14. The van der Waals surface area contributed by atoms with Gasteiger partial charge in [0.1, 0.15) is 11.0 Å². The van der Waals surface area contributed by atoms with Gasteiger partial charge >= 0.3 is 0 Å². The number of aliphatic hydroxyl groups excluding tert-OH is 1. The number of aromatic nitrogens is 1. The van der Waals surface area contributed by atoms with Gasteiger partial charge < -0.3 is 10.4 Å². The maximum atomic E-state index is 13.0. The monoisotopic (exact) mass is 272 g/mol. The van der Waals surface area contributed by atoms with Crippen LogP contribution in [0, 0.1) is 5.82 Å². The SMILES string of the molecule is O=C(N[C@@H]1CCCC[C@H]1O)c1cc(F)cnc1Cl. The smallest absolute Gasteiger partial charge is 0.254 e. The topological polar surface area (TPSA) is 62.2 Å². The van der Waals surface area contributed by atoms with E-state index >= 15 is 0 Å². The van der Waals surface area contributed by atoms with E-state index in [0.717, 1.165) is 25.1 Å². The molecule has 0 radical (unpaired) electrons. The minimum absolute atomic E-state index is 0.00515. The number of hydrogen-bond acceptors (Lipinski definition) is 3. The predicted molar refractivity (Wildman–Crippen MR) is 64.9 cm³/mol. The third-order valence-electron chi connectivity index (χ3n) is 3.10. The average Bonchev–Trinajstić information content (AvgIpc) is 2.35. The molecule has 1 heterocycles. The summed E-state index contributed by atoms with van der Waals surface area (Å²) in [4.78, 5) is 15.5. The Morgan fingerprint density at radius 3 is 2.94 bits per heavy atom. The largest absolute Gasteiger partial charge is 0.391 e. The first-order chi connectivity index (χ1) is 8.58. The molecular weight excluding hydrogens is 259 g/mol. The minimum Gasteiger partial charge on any atom is -0.391 e. The predicted octanol–water partition coefficient (Wildman–Crippen LogP) is 1.91. The van der Waals surface area contributed by atoms with Gasteiger partial charge in [-0.25, -0.2) is 9.37 Å². The van der Waals surface area contributed by atoms with Crippen molar-refractivity contribution in [1.29, 1.82) is 0 Å². The second-order valence-electron chi connectivity index (χ2n) is 4.42. The Morgan fingerprint density at radius 1 is 1.50 bits per heavy atom. The van der Waals surface area contributed by atoms with Crippen LogP contribution in [0.4, 0.5) is 4.39 Å². The number of aliphatic hydroxyl groups is 1. The van der Waals surface area contributed by atoms with Crippen molar-refractivity contribution < 1.29 is 14.3 Å². The zero-order valence-electron chi connectivity index (χ0n) is 9.70. The molecule has 0 saturated heterocycles. The normalized spacial score (nSPS) is 23.7. The van der Waals surface area contributed by atoms with E-state index in [-0.39, 0.29) is 16.8 Å². The molecule has 2 atom stereocenters. The van der Waals surface area contributed by atoms with Crippen molar-refractivity contribution in [2.45, 2.75) is 37.8 Å². The Morgan fingerprint density at radius 2 is 2.22 bits per heavy atom. The lowest BCUT2D eigenvalue weighted by Gasteiger charge is -2.28. The van der Waals surface area contributed by atoms with E-state index in [1.807, 2.05) is 0 Å². The van der Waals surface area contributed by atoms with Crippen LogP contribution in [-0.4, -0.2) is 28.1 Å². The Balaban J connectivity index is 2.09. The molecular formula is C12H14ClFN2O2. The van der Waals surface area contributed by atoms with Gasteiger partial charge in [-0.1, -0.05) is 24.4 Å². The lowest BCUT2D eigenvalue weighted by atomic mass is 9.92. The number of carbonyl (C=O) groups excluding carboxylic acids is 1. The molecule has 1 aromatic heterocycles. The highest BCUT2D eigenvalue weighted by atomic mass is 35.5. The van der Waals surface area contributed by atoms with Crippen LogP contribution in [0.25, 0.3) is 0 Å². The number of nitrogens with one attached hydrogen (secondary N) is 1. The van der Waals surface area contributed by atoms with E-state index in [1.54, 1.807) is 0 Å². The van der Waals surface area contributed by atoms with Crippen molar-refractivity contribution in [3.63, 3.8) is 0 Å². The minimum atomic E-state index is -0.617. The Hall–Kier alpha value is -1.20. The molecule has 0 bridgehead atoms. The molecule has 0 aliphatic heterocycles. The molecule has 1 fully saturated rings. The molecule has 0 spiro atoms. The van der Waals surface area contributed by atoms with Gasteiger partial charge in [-0.3, -0.25) is 4.79 Å². The van der Waals surface area contributed by atoms with Crippen LogP contribution in [0.5, 0.6) is 0 Å². The van der Waals surface area contributed by atoms with Crippen molar-refractivity contribution in [3.8, 4) is 0 Å². The molecule has 6 heteroatoms. The van der Waals surface area contributed by atoms with Crippen LogP contribution >= 0.6 is 11.6 Å². The molecule has 18 heavy (non-hydrogen) atoms. The fraction of sp³-hybridized carbons (Fsp3) is 0.500. The fourth-order valence-electron chi connectivity index (χ4n) is 2.11. The van der Waals surface area contributed by atoms with Crippen molar-refractivity contribution in [2.75, 3.05) is 0 Å². The zero-order valence-corrected chi connectivity index (χ0v) is 10.5. The van der Waals surface area contributed by atoms with Crippen LogP contribution in [0.3, 0.4) is 0 Å². The molecule has 0 aromatic carbocycles. The third kappa shape index (κ3) is 2.97. The summed E-state index contributed by atoms with van der Waals surface area (Å²) in [5, 5.41) is 12.4. The molecule has 1 aliphatic carbocycles. The van der Waals surface area contributed by atoms with Gasteiger partial charge in [0.25, 0.3) is 5.91 Å². The summed E-state index contributed by atoms with van der Waals surface area (Å²) in [6, 6.07) is 0.741. The summed E-state index contributed by atoms with van der Waals surface area (Å²) in [6.45, 7) is 0. The molecule has 4 nitrogen and oxygen atoms in total. The second kappa shape index (κ2) is 5.63. The molecule has 0 unspecified atom stereocenters. The van der Waals surface area contributed by atoms with Crippen LogP contribution in [0.2, 0.25) is 5.15 Å². The number of pyridine rings is 1. The van der Waals surface area contributed by atoms with Gasteiger partial charge in [0.2, 0.25) is 0 Å². The highest BCUT2D eigenvalue weighted by Crippen LogP contribution is 2.20. The van der Waals surface area contributed by atoms with Gasteiger partial charge in [-0.2, -0.15) is 0 Å². The molecule has 1 amide bonds. The first-order valence-electron chi connectivity index (χ1n) is 5.88. The van der Waals surface area contributed by atoms with E-state index in [2.05, 4.69) is 10.3 Å². The number of halogens is 2. The molecule has 1 aromatic rings. The first kappa shape index (κ1) is 13.2. The summed E-state index contributed by atoms with van der Waals surface area (Å²) >= 11 is 5.74. The van der Waals surface area contributed by atoms with E-state index < -0.39 is 17.8 Å². The molecule has 98 valence electrons. The molecule has 2 rings (SSSR count). The molecule has 2 N–H and O–H groups in total. The van der Waals surface area contributed by atoms with Crippen molar-refractivity contribution in [1.82, 2.24) is 10.3 Å². The van der Waals surface area contributed by atoms with Crippen molar-refractivity contribution >= 4 is 17.5 Å². The lowest BCUT2D eigenvalue weighted by molar-refractivity contribution is 0.0717. The summed E-state index contributed by atoms with van der Waals surface area (Å²) in [5.74, 6) is -1.12. The number of rotatable bonds is 2. The second-order valence-corrected chi connectivity index (χ2v) is 4.78. The lowest BCUT2D eigenvalue weighted by Crippen LogP contribution is -2.45. The number of carbonyl (C=O) groups is 1. The van der Waals surface area contributed by atoms with Crippen LogP contribution in [0.1, 0.15) is 36.0 Å². The highest BCUT2D eigenvalue weighted by Gasteiger charge is 2.25. The van der Waals surface area contributed by atoms with Crippen molar-refractivity contribution in [3.05, 3.63) is 28.8 Å². The molecule has 1 saturated carbocycles. The van der Waals surface area contributed by atoms with Crippen LogP contribution in [-0.2, 0) is 0 Å². The maximum absolute atomic E-state index is 13.0. The van der Waals surface area contributed by atoms with Gasteiger partial charge in [0.05, 0.1) is 23.9 Å². The van der Waals surface area contributed by atoms with Gasteiger partial charge in [0, 0.05) is 0 Å². The van der Waals surface area contributed by atoms with Gasteiger partial charge in [0.15, 0.2) is 0 Å². The summed E-state index contributed by atoms with van der Waals surface area (Å²) < 4.78 is 13.0. The number of amides is 1. The quantitative estimate of drug-likeness (QED) is 0.809. The summed E-state index contributed by atoms with van der Waals surface area (Å²) in [7, 11) is 0. The van der Waals surface area contributed by atoms with Crippen LogP contribution < -0.4 is 5.32 Å². The standard InChI is InChI=1S/C12H14ClFN2O2/c13-11-8(5-7(14)6-15-11)12(18)16-9-3-1-2-4-10(9)17/h5-6,9-10,17H,1-4H2,(H,16,18)/t9-,10-/m1/s1. The summed E-state index contributed by atoms with van der Waals surface area (Å²) in [5.41, 5.74) is -0.00515. The molecule has 1 aliphatic rings. The fourth-order valence-corrected chi connectivity index (χ4v) is 2.30. The number of hydrogen-bond donors (Lipinski definition) is 2. The Labute approximate surface area is 109 Å². The van der Waals surface area contributed by atoms with Crippen molar-refractivity contribution in [2.24, 2.45) is 0 Å². The third-order valence-corrected chi connectivity index (χ3v) is 3.40. The summed E-state index contributed by atoms with van der Waals surface area (Å²) in [6.07, 6.45) is 3.69. The van der Waals surface area contributed by atoms with E-state index in [0.29, 0.717) is 12.8 Å². The average molecular weight is 273 g/mol. The first-order valence-corrected chi connectivity index (χ1v) is 6.25. The maximum Gasteiger partial charge on any atom is 0.254 e. The van der Waals surface area contributed by atoms with E-state index in [9.17, 15) is 14.3 Å². The zero-order chi connectivity index (χ0) is 13.1. The van der Waals surface area contributed by atoms with Gasteiger partial charge in [-0.05, 0) is 18.9 Å². The highest BCUT2D eigenvalue weighted by molar-refractivity contribution is 6.32. The van der Waals surface area contributed by atoms with Crippen LogP contribution in [0.15, 0.2) is 12.3 Å². The van der Waals surface area contributed by atoms with E-state index in [1.165, 1.54) is 0 Å².